The van der Waals surface area contributed by atoms with E-state index in [0.29, 0.717) is 23.0 Å². The average Bonchev–Trinajstić information content (AvgIpc) is 2.75. The average molecular weight is 287 g/mol. The van der Waals surface area contributed by atoms with Gasteiger partial charge in [0.05, 0.1) is 27.5 Å². The molecule has 1 aliphatic rings. The number of isothiocyanates is 1. The largest absolute Gasteiger partial charge is 0.390 e. The second-order valence-electron chi connectivity index (χ2n) is 3.50. The lowest BCUT2D eigenvalue weighted by atomic mass is 10.0. The maximum absolute atomic E-state index is 6.09. The Morgan fingerprint density at radius 1 is 1.47 bits per heavy atom. The molecule has 0 radical (unpaired) electrons. The van der Waals surface area contributed by atoms with E-state index in [4.69, 9.17) is 28.0 Å². The highest BCUT2D eigenvalue weighted by molar-refractivity contribution is 7.78. The van der Waals surface area contributed by atoms with Crippen LogP contribution in [0.25, 0.3) is 0 Å². The lowest BCUT2D eigenvalue weighted by molar-refractivity contribution is 0.0924. The molecule has 88 valence electrons. The molecule has 6 heteroatoms. The minimum absolute atomic E-state index is 0.118. The smallest absolute Gasteiger partial charge is 0.153 e. The van der Waals surface area contributed by atoms with Crippen LogP contribution in [-0.4, -0.2) is 23.5 Å². The third kappa shape index (κ3) is 2.85. The van der Waals surface area contributed by atoms with Gasteiger partial charge in [-0.3, -0.25) is 0 Å². The Hall–Kier alpha value is -0.930. The highest BCUT2D eigenvalue weighted by Gasteiger charge is 2.24. The number of thiocarbonyl (C=S) groups is 1. The van der Waals surface area contributed by atoms with Gasteiger partial charge in [-0.1, -0.05) is 34.4 Å². The van der Waals surface area contributed by atoms with Crippen molar-refractivity contribution in [1.82, 2.24) is 0 Å². The Balaban J connectivity index is 2.18. The number of halogens is 2. The lowest BCUT2D eigenvalue weighted by Gasteiger charge is -2.05. The van der Waals surface area contributed by atoms with Crippen molar-refractivity contribution in [2.75, 3.05) is 6.54 Å². The molecule has 0 spiro atoms. The zero-order valence-electron chi connectivity index (χ0n) is 8.69. The van der Waals surface area contributed by atoms with Crippen LogP contribution in [0.1, 0.15) is 12.0 Å². The second-order valence-corrected chi connectivity index (χ2v) is 4.50. The van der Waals surface area contributed by atoms with E-state index in [0.717, 1.165) is 11.3 Å². The van der Waals surface area contributed by atoms with Gasteiger partial charge in [0.2, 0.25) is 0 Å². The van der Waals surface area contributed by atoms with E-state index in [1.165, 1.54) is 0 Å². The number of hydrogen-bond acceptors (Lipinski definition) is 4. The van der Waals surface area contributed by atoms with Crippen LogP contribution < -0.4 is 0 Å². The standard InChI is InChI=1S/C11H8Cl2N2OS/c12-8-2-1-3-9(13)11(8)10-4-7(16-15-10)5-14-6-17/h1-3,7H,4-5H2. The minimum Gasteiger partial charge on any atom is -0.390 e. The molecule has 1 heterocycles. The third-order valence-electron chi connectivity index (χ3n) is 2.34. The van der Waals surface area contributed by atoms with Crippen LogP contribution >= 0.6 is 35.4 Å². The van der Waals surface area contributed by atoms with Gasteiger partial charge in [-0.25, -0.2) is 4.99 Å². The topological polar surface area (TPSA) is 34.0 Å². The molecule has 0 N–H and O–H groups in total. The summed E-state index contributed by atoms with van der Waals surface area (Å²) in [5, 5.41) is 7.42. The minimum atomic E-state index is -0.118. The van der Waals surface area contributed by atoms with Crippen molar-refractivity contribution in [2.24, 2.45) is 10.1 Å². The van der Waals surface area contributed by atoms with Gasteiger partial charge in [-0.15, -0.1) is 0 Å². The number of nitrogens with zero attached hydrogens (tertiary/aromatic N) is 2. The molecular formula is C11H8Cl2N2OS. The summed E-state index contributed by atoms with van der Waals surface area (Å²) < 4.78 is 0. The van der Waals surface area contributed by atoms with E-state index in [9.17, 15) is 0 Å². The molecule has 0 aliphatic carbocycles. The molecular weight excluding hydrogens is 279 g/mol. The molecule has 0 aromatic heterocycles. The first-order valence-electron chi connectivity index (χ1n) is 4.93. The van der Waals surface area contributed by atoms with Crippen molar-refractivity contribution >= 4 is 46.3 Å². The third-order valence-corrected chi connectivity index (χ3v) is 3.10. The van der Waals surface area contributed by atoms with E-state index < -0.39 is 0 Å². The summed E-state index contributed by atoms with van der Waals surface area (Å²) >= 11 is 16.7. The number of hydrogen-bond donors (Lipinski definition) is 0. The maximum Gasteiger partial charge on any atom is 0.153 e. The van der Waals surface area contributed by atoms with Crippen LogP contribution in [0.2, 0.25) is 10.0 Å². The molecule has 1 aromatic carbocycles. The van der Waals surface area contributed by atoms with Crippen molar-refractivity contribution in [3.8, 4) is 0 Å². The van der Waals surface area contributed by atoms with Crippen LogP contribution in [-0.2, 0) is 4.84 Å². The summed E-state index contributed by atoms with van der Waals surface area (Å²) in [6.07, 6.45) is 0.497. The summed E-state index contributed by atoms with van der Waals surface area (Å²) in [5.74, 6) is 0. The monoisotopic (exact) mass is 286 g/mol. The van der Waals surface area contributed by atoms with Crippen molar-refractivity contribution < 1.29 is 4.84 Å². The van der Waals surface area contributed by atoms with Crippen LogP contribution in [0, 0.1) is 0 Å². The predicted molar refractivity (Wildman–Crippen MR) is 72.4 cm³/mol. The van der Waals surface area contributed by atoms with Crippen molar-refractivity contribution in [3.05, 3.63) is 33.8 Å². The molecule has 0 fully saturated rings. The zero-order valence-corrected chi connectivity index (χ0v) is 11.0. The summed E-state index contributed by atoms with van der Waals surface area (Å²) in [6, 6.07) is 5.33. The molecule has 2 rings (SSSR count). The van der Waals surface area contributed by atoms with Gasteiger partial charge < -0.3 is 4.84 Å². The Labute approximate surface area is 114 Å². The van der Waals surface area contributed by atoms with E-state index in [-0.39, 0.29) is 6.10 Å². The maximum atomic E-state index is 6.09. The molecule has 17 heavy (non-hydrogen) atoms. The van der Waals surface area contributed by atoms with Crippen LogP contribution in [0.5, 0.6) is 0 Å². The van der Waals surface area contributed by atoms with Crippen LogP contribution in [0.4, 0.5) is 0 Å². The Bertz CT molecular complexity index is 492. The first kappa shape index (κ1) is 12.5. The highest BCUT2D eigenvalue weighted by Crippen LogP contribution is 2.29. The summed E-state index contributed by atoms with van der Waals surface area (Å²) in [4.78, 5) is 9.05. The first-order valence-corrected chi connectivity index (χ1v) is 6.09. The number of aliphatic imine (C=N–C) groups is 1. The first-order chi connectivity index (χ1) is 8.22. The second kappa shape index (κ2) is 5.61. The normalized spacial score (nSPS) is 18.2. The molecule has 0 bridgehead atoms. The van der Waals surface area contributed by atoms with Crippen molar-refractivity contribution in [3.63, 3.8) is 0 Å². The van der Waals surface area contributed by atoms with Crippen LogP contribution in [0.3, 0.4) is 0 Å². The molecule has 0 saturated heterocycles. The van der Waals surface area contributed by atoms with Crippen molar-refractivity contribution in [1.29, 1.82) is 0 Å². The summed E-state index contributed by atoms with van der Waals surface area (Å²) in [6.45, 7) is 0.443. The fraction of sp³-hybridized carbons (Fsp3) is 0.273. The van der Waals surface area contributed by atoms with Crippen molar-refractivity contribution in [2.45, 2.75) is 12.5 Å². The number of oxime groups is 1. The van der Waals surface area contributed by atoms with Gasteiger partial charge in [0.25, 0.3) is 0 Å². The van der Waals surface area contributed by atoms with Gasteiger partial charge >= 0.3 is 0 Å². The van der Waals surface area contributed by atoms with Crippen LogP contribution in [0.15, 0.2) is 28.3 Å². The fourth-order valence-corrected chi connectivity index (χ4v) is 2.28. The molecule has 1 aliphatic heterocycles. The molecule has 1 atom stereocenters. The predicted octanol–water partition coefficient (Wildman–Crippen LogP) is 3.59. The number of benzene rings is 1. The Morgan fingerprint density at radius 3 is 2.82 bits per heavy atom. The van der Waals surface area contributed by atoms with Gasteiger partial charge in [0.1, 0.15) is 0 Å². The van der Waals surface area contributed by atoms with E-state index in [1.54, 1.807) is 18.2 Å². The SMILES string of the molecule is S=C=NCC1CC(c2c(Cl)cccc2Cl)=NO1. The lowest BCUT2D eigenvalue weighted by Crippen LogP contribution is -2.12. The van der Waals surface area contributed by atoms with E-state index >= 15 is 0 Å². The summed E-state index contributed by atoms with van der Waals surface area (Å²) in [5.41, 5.74) is 1.47. The molecule has 0 amide bonds. The van der Waals surface area contributed by atoms with Gasteiger partial charge in [0.15, 0.2) is 6.10 Å². The highest BCUT2D eigenvalue weighted by atomic mass is 35.5. The molecule has 3 nitrogen and oxygen atoms in total. The molecule has 1 aromatic rings. The van der Waals surface area contributed by atoms with E-state index in [2.05, 4.69) is 27.5 Å². The summed E-state index contributed by atoms with van der Waals surface area (Å²) in [7, 11) is 0. The molecule has 1 unspecified atom stereocenters. The Kier molecular flexibility index (Phi) is 4.13. The zero-order chi connectivity index (χ0) is 12.3. The molecule has 0 saturated carbocycles. The fourth-order valence-electron chi connectivity index (χ4n) is 1.59. The van der Waals surface area contributed by atoms with Gasteiger partial charge in [0, 0.05) is 12.0 Å². The van der Waals surface area contributed by atoms with Gasteiger partial charge in [-0.2, -0.15) is 0 Å². The quantitative estimate of drug-likeness (QED) is 0.629. The Morgan fingerprint density at radius 2 is 2.18 bits per heavy atom. The van der Waals surface area contributed by atoms with E-state index in [1.807, 2.05) is 0 Å². The number of rotatable bonds is 3. The van der Waals surface area contributed by atoms with Gasteiger partial charge in [-0.05, 0) is 24.4 Å².